The van der Waals surface area contributed by atoms with Gasteiger partial charge in [0.05, 0.1) is 11.7 Å². The standard InChI is InChI=1S/C13H16BrNO3/c14-9-4-5-12(15)11(7-9)13(16)18-8-10-3-1-2-6-17-10/h4-5,7,10H,1-3,6,8,15H2. The summed E-state index contributed by atoms with van der Waals surface area (Å²) in [5.74, 6) is -0.400. The summed E-state index contributed by atoms with van der Waals surface area (Å²) in [6.45, 7) is 1.05. The fourth-order valence-electron chi connectivity index (χ4n) is 1.89. The molecule has 0 radical (unpaired) electrons. The fourth-order valence-corrected chi connectivity index (χ4v) is 2.25. The molecule has 0 bridgehead atoms. The van der Waals surface area contributed by atoms with E-state index in [9.17, 15) is 4.79 Å². The Hall–Kier alpha value is -1.07. The van der Waals surface area contributed by atoms with E-state index in [1.54, 1.807) is 18.2 Å². The molecule has 18 heavy (non-hydrogen) atoms. The number of anilines is 1. The number of ether oxygens (including phenoxy) is 2. The summed E-state index contributed by atoms with van der Waals surface area (Å²) in [6.07, 6.45) is 3.18. The second-order valence-electron chi connectivity index (χ2n) is 4.32. The molecule has 1 aromatic carbocycles. The van der Waals surface area contributed by atoms with Gasteiger partial charge in [0.2, 0.25) is 0 Å². The number of hydrogen-bond acceptors (Lipinski definition) is 4. The van der Waals surface area contributed by atoms with Crippen molar-refractivity contribution in [3.63, 3.8) is 0 Å². The maximum absolute atomic E-state index is 11.9. The van der Waals surface area contributed by atoms with Crippen LogP contribution in [0.3, 0.4) is 0 Å². The summed E-state index contributed by atoms with van der Waals surface area (Å²) in [5.41, 5.74) is 6.56. The van der Waals surface area contributed by atoms with Gasteiger partial charge in [0.1, 0.15) is 6.61 Å². The average molecular weight is 314 g/mol. The molecule has 2 N–H and O–H groups in total. The Kier molecular flexibility index (Phi) is 4.60. The predicted molar refractivity (Wildman–Crippen MR) is 72.4 cm³/mol. The van der Waals surface area contributed by atoms with Crippen LogP contribution in [0.25, 0.3) is 0 Å². The van der Waals surface area contributed by atoms with Crippen molar-refractivity contribution < 1.29 is 14.3 Å². The number of carbonyl (C=O) groups is 1. The molecule has 1 aromatic rings. The Labute approximate surface area is 115 Å². The third-order valence-corrected chi connectivity index (χ3v) is 3.40. The molecule has 0 aliphatic carbocycles. The van der Waals surface area contributed by atoms with Crippen LogP contribution in [0.15, 0.2) is 22.7 Å². The molecule has 1 aliphatic heterocycles. The van der Waals surface area contributed by atoms with Crippen molar-refractivity contribution in [2.45, 2.75) is 25.4 Å². The zero-order valence-electron chi connectivity index (χ0n) is 10.0. The lowest BCUT2D eigenvalue weighted by atomic mass is 10.1. The number of carbonyl (C=O) groups excluding carboxylic acids is 1. The molecular formula is C13H16BrNO3. The molecule has 2 rings (SSSR count). The maximum atomic E-state index is 11.9. The molecule has 1 saturated heterocycles. The van der Waals surface area contributed by atoms with Crippen molar-refractivity contribution >= 4 is 27.6 Å². The minimum atomic E-state index is -0.400. The van der Waals surface area contributed by atoms with Crippen molar-refractivity contribution in [1.82, 2.24) is 0 Å². The topological polar surface area (TPSA) is 61.6 Å². The monoisotopic (exact) mass is 313 g/mol. The maximum Gasteiger partial charge on any atom is 0.340 e. The molecule has 0 saturated carbocycles. The van der Waals surface area contributed by atoms with E-state index in [1.165, 1.54) is 0 Å². The summed E-state index contributed by atoms with van der Waals surface area (Å²) in [4.78, 5) is 11.9. The van der Waals surface area contributed by atoms with Crippen LogP contribution in [0.1, 0.15) is 29.6 Å². The lowest BCUT2D eigenvalue weighted by Crippen LogP contribution is -2.26. The number of nitrogens with two attached hydrogens (primary N) is 1. The van der Waals surface area contributed by atoms with Crippen LogP contribution in [0.5, 0.6) is 0 Å². The van der Waals surface area contributed by atoms with Gasteiger partial charge >= 0.3 is 5.97 Å². The first kappa shape index (κ1) is 13.4. The van der Waals surface area contributed by atoms with Crippen molar-refractivity contribution in [2.75, 3.05) is 18.9 Å². The molecule has 1 heterocycles. The molecule has 4 nitrogen and oxygen atoms in total. The van der Waals surface area contributed by atoms with Gasteiger partial charge in [-0.05, 0) is 37.5 Å². The lowest BCUT2D eigenvalue weighted by molar-refractivity contribution is -0.0300. The van der Waals surface area contributed by atoms with Crippen molar-refractivity contribution in [1.29, 1.82) is 0 Å². The van der Waals surface area contributed by atoms with Gasteiger partial charge in [0, 0.05) is 16.8 Å². The van der Waals surface area contributed by atoms with Gasteiger partial charge in [0.25, 0.3) is 0 Å². The molecule has 1 atom stereocenters. The summed E-state index contributed by atoms with van der Waals surface area (Å²) < 4.78 is 11.5. The van der Waals surface area contributed by atoms with E-state index in [2.05, 4.69) is 15.9 Å². The highest BCUT2D eigenvalue weighted by Crippen LogP contribution is 2.20. The Morgan fingerprint density at radius 1 is 1.50 bits per heavy atom. The summed E-state index contributed by atoms with van der Waals surface area (Å²) in [5, 5.41) is 0. The van der Waals surface area contributed by atoms with Crippen LogP contribution >= 0.6 is 15.9 Å². The summed E-state index contributed by atoms with van der Waals surface area (Å²) in [6, 6.07) is 5.13. The lowest BCUT2D eigenvalue weighted by Gasteiger charge is -2.22. The minimum absolute atomic E-state index is 0.0241. The Morgan fingerprint density at radius 2 is 2.33 bits per heavy atom. The molecule has 0 spiro atoms. The average Bonchev–Trinajstić information content (AvgIpc) is 2.40. The van der Waals surface area contributed by atoms with E-state index in [1.807, 2.05) is 0 Å². The SMILES string of the molecule is Nc1ccc(Br)cc1C(=O)OCC1CCCCO1. The molecular weight excluding hydrogens is 298 g/mol. The number of benzene rings is 1. The number of halogens is 1. The van der Waals surface area contributed by atoms with Crippen LogP contribution in [-0.4, -0.2) is 25.3 Å². The zero-order valence-corrected chi connectivity index (χ0v) is 11.6. The highest BCUT2D eigenvalue weighted by Gasteiger charge is 2.18. The van der Waals surface area contributed by atoms with Gasteiger partial charge < -0.3 is 15.2 Å². The van der Waals surface area contributed by atoms with E-state index in [4.69, 9.17) is 15.2 Å². The van der Waals surface area contributed by atoms with Gasteiger partial charge in [0.15, 0.2) is 0 Å². The van der Waals surface area contributed by atoms with Crippen LogP contribution in [0, 0.1) is 0 Å². The Balaban J connectivity index is 1.92. The number of rotatable bonds is 3. The van der Waals surface area contributed by atoms with Gasteiger partial charge in [-0.1, -0.05) is 15.9 Å². The third kappa shape index (κ3) is 3.46. The first-order valence-corrected chi connectivity index (χ1v) is 6.80. The fraction of sp³-hybridized carbons (Fsp3) is 0.462. The van der Waals surface area contributed by atoms with E-state index in [0.29, 0.717) is 17.9 Å². The second kappa shape index (κ2) is 6.20. The molecule has 98 valence electrons. The van der Waals surface area contributed by atoms with Crippen LogP contribution in [-0.2, 0) is 9.47 Å². The third-order valence-electron chi connectivity index (χ3n) is 2.91. The van der Waals surface area contributed by atoms with E-state index < -0.39 is 5.97 Å². The predicted octanol–water partition coefficient (Wildman–Crippen LogP) is 2.76. The van der Waals surface area contributed by atoms with Crippen molar-refractivity contribution in [2.24, 2.45) is 0 Å². The molecule has 0 aromatic heterocycles. The first-order valence-electron chi connectivity index (χ1n) is 6.00. The molecule has 0 amide bonds. The van der Waals surface area contributed by atoms with Gasteiger partial charge in [-0.2, -0.15) is 0 Å². The van der Waals surface area contributed by atoms with Crippen LogP contribution in [0.4, 0.5) is 5.69 Å². The van der Waals surface area contributed by atoms with Gasteiger partial charge in [-0.15, -0.1) is 0 Å². The molecule has 1 aliphatic rings. The summed E-state index contributed by atoms with van der Waals surface area (Å²) >= 11 is 3.30. The van der Waals surface area contributed by atoms with Gasteiger partial charge in [-0.3, -0.25) is 0 Å². The van der Waals surface area contributed by atoms with Crippen LogP contribution < -0.4 is 5.73 Å². The summed E-state index contributed by atoms with van der Waals surface area (Å²) in [7, 11) is 0. The second-order valence-corrected chi connectivity index (χ2v) is 5.23. The largest absolute Gasteiger partial charge is 0.459 e. The Bertz CT molecular complexity index is 430. The number of hydrogen-bond donors (Lipinski definition) is 1. The van der Waals surface area contributed by atoms with E-state index >= 15 is 0 Å². The number of nitrogen functional groups attached to an aromatic ring is 1. The molecule has 1 fully saturated rings. The van der Waals surface area contributed by atoms with Crippen molar-refractivity contribution in [3.8, 4) is 0 Å². The van der Waals surface area contributed by atoms with E-state index in [-0.39, 0.29) is 6.10 Å². The zero-order chi connectivity index (χ0) is 13.0. The first-order chi connectivity index (χ1) is 8.66. The highest BCUT2D eigenvalue weighted by atomic mass is 79.9. The Morgan fingerprint density at radius 3 is 3.06 bits per heavy atom. The highest BCUT2D eigenvalue weighted by molar-refractivity contribution is 9.10. The van der Waals surface area contributed by atoms with E-state index in [0.717, 1.165) is 30.3 Å². The smallest absolute Gasteiger partial charge is 0.340 e. The van der Waals surface area contributed by atoms with Gasteiger partial charge in [-0.25, -0.2) is 4.79 Å². The van der Waals surface area contributed by atoms with Crippen LogP contribution in [0.2, 0.25) is 0 Å². The number of esters is 1. The molecule has 1 unspecified atom stereocenters. The normalized spacial score (nSPS) is 19.5. The molecule has 5 heteroatoms. The quantitative estimate of drug-likeness (QED) is 0.688. The van der Waals surface area contributed by atoms with Crippen molar-refractivity contribution in [3.05, 3.63) is 28.2 Å². The minimum Gasteiger partial charge on any atom is -0.459 e.